The molecular weight excluding hydrogens is 246 g/mol. The minimum absolute atomic E-state index is 0.603. The van der Waals surface area contributed by atoms with Gasteiger partial charge < -0.3 is 9.47 Å². The monoisotopic (exact) mass is 261 g/mol. The first-order valence-electron chi connectivity index (χ1n) is 4.45. The number of alkyl halides is 1. The number of methoxy groups -OCH3 is 2. The van der Waals surface area contributed by atoms with E-state index in [-0.39, 0.29) is 0 Å². The molecule has 0 aliphatic heterocycles. The van der Waals surface area contributed by atoms with Gasteiger partial charge in [0.15, 0.2) is 0 Å². The van der Waals surface area contributed by atoms with Crippen LogP contribution in [0.25, 0.3) is 0 Å². The van der Waals surface area contributed by atoms with E-state index in [0.717, 1.165) is 11.3 Å². The van der Waals surface area contributed by atoms with E-state index in [1.54, 1.807) is 26.5 Å². The van der Waals surface area contributed by atoms with Gasteiger partial charge in [-0.05, 0) is 6.07 Å². The van der Waals surface area contributed by atoms with Crippen LogP contribution in [0.3, 0.4) is 0 Å². The second-order valence-corrected chi connectivity index (χ2v) is 2.70. The number of hydrogen-bond acceptors (Lipinski definition) is 3. The first kappa shape index (κ1) is 13.2. The molecule has 0 unspecified atom stereocenters. The van der Waals surface area contributed by atoms with E-state index in [2.05, 4.69) is 20.9 Å². The Morgan fingerprint density at radius 2 is 1.93 bits per heavy atom. The number of hydrogen-bond donors (Lipinski definition) is 0. The lowest BCUT2D eigenvalue weighted by Crippen LogP contribution is -1.96. The highest BCUT2D eigenvalue weighted by Gasteiger charge is 2.08. The maximum Gasteiger partial charge on any atom is 0.220 e. The molecular formula is C10H16BrNO2. The fraction of sp³-hybridized carbons (Fsp3) is 0.500. The number of rotatable bonds is 3. The van der Waals surface area contributed by atoms with Crippen LogP contribution in [0.5, 0.6) is 11.6 Å². The third kappa shape index (κ3) is 3.18. The smallest absolute Gasteiger partial charge is 0.220 e. The minimum Gasteiger partial charge on any atom is -0.496 e. The summed E-state index contributed by atoms with van der Waals surface area (Å²) in [5, 5.41) is 0.674. The highest BCUT2D eigenvalue weighted by molar-refractivity contribution is 9.08. The zero-order valence-electron chi connectivity index (χ0n) is 9.00. The molecule has 14 heavy (non-hydrogen) atoms. The fourth-order valence-electron chi connectivity index (χ4n) is 0.947. The molecule has 4 heteroatoms. The lowest BCUT2D eigenvalue weighted by atomic mass is 10.3. The normalized spacial score (nSPS) is 8.64. The van der Waals surface area contributed by atoms with Gasteiger partial charge >= 0.3 is 0 Å². The maximum absolute atomic E-state index is 5.13. The Kier molecular flexibility index (Phi) is 7.20. The van der Waals surface area contributed by atoms with Crippen LogP contribution in [0.15, 0.2) is 12.3 Å². The van der Waals surface area contributed by atoms with Crippen molar-refractivity contribution >= 4 is 15.9 Å². The molecule has 0 radical (unpaired) electrons. The Labute approximate surface area is 93.6 Å². The number of aromatic nitrogens is 1. The number of pyridine rings is 1. The van der Waals surface area contributed by atoms with Crippen molar-refractivity contribution in [2.75, 3.05) is 14.2 Å². The average Bonchev–Trinajstić information content (AvgIpc) is 2.30. The molecule has 80 valence electrons. The van der Waals surface area contributed by atoms with Crippen molar-refractivity contribution < 1.29 is 9.47 Å². The van der Waals surface area contributed by atoms with E-state index in [1.807, 2.05) is 13.8 Å². The minimum atomic E-state index is 0.603. The number of nitrogens with zero attached hydrogens (tertiary/aromatic N) is 1. The summed E-state index contributed by atoms with van der Waals surface area (Å²) in [4.78, 5) is 4.04. The first-order valence-corrected chi connectivity index (χ1v) is 5.57. The van der Waals surface area contributed by atoms with Gasteiger partial charge in [0.2, 0.25) is 5.88 Å². The van der Waals surface area contributed by atoms with E-state index >= 15 is 0 Å². The first-order chi connectivity index (χ1) is 6.83. The van der Waals surface area contributed by atoms with Crippen LogP contribution in [0.4, 0.5) is 0 Å². The molecule has 0 aliphatic rings. The van der Waals surface area contributed by atoms with Gasteiger partial charge in [-0.3, -0.25) is 0 Å². The van der Waals surface area contributed by atoms with Gasteiger partial charge in [-0.1, -0.05) is 29.8 Å². The van der Waals surface area contributed by atoms with Gasteiger partial charge in [0, 0.05) is 11.5 Å². The van der Waals surface area contributed by atoms with Crippen molar-refractivity contribution in [3.8, 4) is 11.6 Å². The molecule has 0 bridgehead atoms. The standard InChI is InChI=1S/C8H10BrNO2.C2H6/c1-11-7-3-4-10-8(12-2)6(7)5-9;1-2/h3-4H,5H2,1-2H3;1-2H3. The number of ether oxygens (including phenoxy) is 2. The highest BCUT2D eigenvalue weighted by atomic mass is 79.9. The lowest BCUT2D eigenvalue weighted by Gasteiger charge is -2.08. The van der Waals surface area contributed by atoms with E-state index in [9.17, 15) is 0 Å². The van der Waals surface area contributed by atoms with Crippen molar-refractivity contribution in [3.63, 3.8) is 0 Å². The molecule has 0 aliphatic carbocycles. The second kappa shape index (κ2) is 7.62. The SMILES string of the molecule is CC.COc1ccnc(OC)c1CBr. The van der Waals surface area contributed by atoms with Crippen molar-refractivity contribution in [1.29, 1.82) is 0 Å². The van der Waals surface area contributed by atoms with E-state index < -0.39 is 0 Å². The fourth-order valence-corrected chi connectivity index (χ4v) is 1.46. The van der Waals surface area contributed by atoms with Crippen molar-refractivity contribution in [3.05, 3.63) is 17.8 Å². The third-order valence-corrected chi connectivity index (χ3v) is 2.08. The Morgan fingerprint density at radius 3 is 2.36 bits per heavy atom. The van der Waals surface area contributed by atoms with Crippen molar-refractivity contribution in [1.82, 2.24) is 4.98 Å². The van der Waals surface area contributed by atoms with Crippen LogP contribution in [0.1, 0.15) is 19.4 Å². The topological polar surface area (TPSA) is 31.4 Å². The molecule has 1 rings (SSSR count). The maximum atomic E-state index is 5.13. The van der Waals surface area contributed by atoms with Crippen LogP contribution in [-0.4, -0.2) is 19.2 Å². The second-order valence-electron chi connectivity index (χ2n) is 2.13. The van der Waals surface area contributed by atoms with Crippen LogP contribution >= 0.6 is 15.9 Å². The van der Waals surface area contributed by atoms with Gasteiger partial charge in [0.1, 0.15) is 5.75 Å². The quantitative estimate of drug-likeness (QED) is 0.784. The molecule has 0 saturated heterocycles. The van der Waals surface area contributed by atoms with E-state index in [0.29, 0.717) is 11.2 Å². The van der Waals surface area contributed by atoms with Crippen molar-refractivity contribution in [2.45, 2.75) is 19.2 Å². The summed E-state index contributed by atoms with van der Waals surface area (Å²) in [6.45, 7) is 4.00. The zero-order chi connectivity index (χ0) is 11.0. The summed E-state index contributed by atoms with van der Waals surface area (Å²) >= 11 is 3.34. The van der Waals surface area contributed by atoms with Gasteiger partial charge in [0.25, 0.3) is 0 Å². The molecule has 0 spiro atoms. The molecule has 1 aromatic heterocycles. The van der Waals surface area contributed by atoms with E-state index in [4.69, 9.17) is 9.47 Å². The molecule has 3 nitrogen and oxygen atoms in total. The van der Waals surface area contributed by atoms with Crippen LogP contribution in [-0.2, 0) is 5.33 Å². The van der Waals surface area contributed by atoms with Crippen molar-refractivity contribution in [2.24, 2.45) is 0 Å². The summed E-state index contributed by atoms with van der Waals surface area (Å²) in [5.41, 5.74) is 0.933. The molecule has 0 fully saturated rings. The Balaban J connectivity index is 0.000000791. The average molecular weight is 262 g/mol. The van der Waals surface area contributed by atoms with Crippen LogP contribution in [0, 0.1) is 0 Å². The highest BCUT2D eigenvalue weighted by Crippen LogP contribution is 2.27. The number of halogens is 1. The molecule has 1 heterocycles. The molecule has 0 atom stereocenters. The Bertz CT molecular complexity index is 244. The lowest BCUT2D eigenvalue weighted by molar-refractivity contribution is 0.376. The predicted octanol–water partition coefficient (Wildman–Crippen LogP) is 3.02. The molecule has 0 amide bonds. The van der Waals surface area contributed by atoms with Crippen LogP contribution < -0.4 is 9.47 Å². The predicted molar refractivity (Wildman–Crippen MR) is 61.3 cm³/mol. The van der Waals surface area contributed by atoms with Gasteiger partial charge in [-0.25, -0.2) is 4.98 Å². The molecule has 1 aromatic rings. The molecule has 0 N–H and O–H groups in total. The summed E-state index contributed by atoms with van der Waals surface area (Å²) in [6.07, 6.45) is 1.66. The van der Waals surface area contributed by atoms with Gasteiger partial charge in [0.05, 0.1) is 19.8 Å². The largest absolute Gasteiger partial charge is 0.496 e. The molecule has 0 saturated carbocycles. The summed E-state index contributed by atoms with van der Waals surface area (Å²) in [6, 6.07) is 1.80. The zero-order valence-corrected chi connectivity index (χ0v) is 10.6. The summed E-state index contributed by atoms with van der Waals surface area (Å²) in [7, 11) is 3.22. The Morgan fingerprint density at radius 1 is 1.29 bits per heavy atom. The van der Waals surface area contributed by atoms with Gasteiger partial charge in [-0.2, -0.15) is 0 Å². The summed E-state index contributed by atoms with van der Waals surface area (Å²) < 4.78 is 10.2. The Hall–Kier alpha value is -0.770. The van der Waals surface area contributed by atoms with Crippen LogP contribution in [0.2, 0.25) is 0 Å². The molecule has 0 aromatic carbocycles. The van der Waals surface area contributed by atoms with E-state index in [1.165, 1.54) is 0 Å². The van der Waals surface area contributed by atoms with Gasteiger partial charge in [-0.15, -0.1) is 0 Å². The third-order valence-electron chi connectivity index (χ3n) is 1.52. The summed E-state index contributed by atoms with van der Waals surface area (Å²) in [5.74, 6) is 1.39.